The van der Waals surface area contributed by atoms with Crippen LogP contribution in [0.2, 0.25) is 10.0 Å². The van der Waals surface area contributed by atoms with Crippen LogP contribution < -0.4 is 20.2 Å². The van der Waals surface area contributed by atoms with Gasteiger partial charge in [0.1, 0.15) is 44.0 Å². The van der Waals surface area contributed by atoms with E-state index in [0.29, 0.717) is 35.4 Å². The first-order valence-electron chi connectivity index (χ1n) is 18.5. The molecule has 2 aliphatic heterocycles. The molecule has 2 aliphatic rings. The standard InChI is InChI=1S/C39H46Cl2N8O4/c1-2-3-4-5-6-7-18-49-38(50)48(29-44-49)33-11-9-31(10-12-33)45-19-21-46(22-20-45)32-13-15-34(16-14-32)51-24-35-25-52-39(53-35,26-47-28-42-27-43-47)36-17-8-30(40)23-37(36)41/h8-17,23,27-29,35H,2-7,18-22,24-26H2,1H3. The molecule has 7 rings (SSSR count). The SMILES string of the molecule is CCCCCCCCn1ncn(-c2ccc(N3CCN(c4ccc(OCC5COC(Cn6cncn6)(c6ccc(Cl)cc6Cl)O5)cc4)CC3)cc2)c1=O. The van der Waals surface area contributed by atoms with Gasteiger partial charge in [-0.2, -0.15) is 10.2 Å². The predicted molar refractivity (Wildman–Crippen MR) is 207 cm³/mol. The Balaban J connectivity index is 0.886. The molecular formula is C39H46Cl2N8O4. The zero-order valence-electron chi connectivity index (χ0n) is 30.0. The van der Waals surface area contributed by atoms with Crippen LogP contribution in [-0.4, -0.2) is 74.6 Å². The van der Waals surface area contributed by atoms with E-state index in [0.717, 1.165) is 61.8 Å². The van der Waals surface area contributed by atoms with E-state index in [1.807, 2.05) is 30.3 Å². The van der Waals surface area contributed by atoms with E-state index >= 15 is 0 Å². The summed E-state index contributed by atoms with van der Waals surface area (Å²) >= 11 is 12.8. The average Bonchev–Trinajstić information content (AvgIpc) is 3.94. The molecule has 0 bridgehead atoms. The Bertz CT molecular complexity index is 1960. The molecule has 4 heterocycles. The summed E-state index contributed by atoms with van der Waals surface area (Å²) in [4.78, 5) is 21.8. The van der Waals surface area contributed by atoms with Gasteiger partial charge in [-0.3, -0.25) is 0 Å². The monoisotopic (exact) mass is 760 g/mol. The third kappa shape index (κ3) is 8.89. The van der Waals surface area contributed by atoms with E-state index in [-0.39, 0.29) is 18.3 Å². The fraction of sp³-hybridized carbons (Fsp3) is 0.436. The Morgan fingerprint density at radius 3 is 2.19 bits per heavy atom. The van der Waals surface area contributed by atoms with E-state index in [4.69, 9.17) is 37.4 Å². The maximum Gasteiger partial charge on any atom is 0.350 e. The molecule has 0 amide bonds. The molecule has 2 fully saturated rings. The Morgan fingerprint density at radius 2 is 1.51 bits per heavy atom. The van der Waals surface area contributed by atoms with Gasteiger partial charge in [0.25, 0.3) is 0 Å². The van der Waals surface area contributed by atoms with Crippen LogP contribution in [0.25, 0.3) is 5.69 Å². The summed E-state index contributed by atoms with van der Waals surface area (Å²) in [5.41, 5.74) is 3.71. The minimum atomic E-state index is -1.16. The summed E-state index contributed by atoms with van der Waals surface area (Å²) in [7, 11) is 0. The highest BCUT2D eigenvalue weighted by Crippen LogP contribution is 2.40. The number of halogens is 2. The molecule has 0 spiro atoms. The van der Waals surface area contributed by atoms with Crippen molar-refractivity contribution < 1.29 is 14.2 Å². The quantitative estimate of drug-likeness (QED) is 0.0987. The number of nitrogens with zero attached hydrogens (tertiary/aromatic N) is 8. The summed E-state index contributed by atoms with van der Waals surface area (Å²) in [6, 6.07) is 21.6. The lowest BCUT2D eigenvalue weighted by molar-refractivity contribution is -0.190. The Kier molecular flexibility index (Phi) is 12.0. The second-order valence-electron chi connectivity index (χ2n) is 13.6. The van der Waals surface area contributed by atoms with Gasteiger partial charge in [0.05, 0.1) is 17.3 Å². The van der Waals surface area contributed by atoms with Crippen LogP contribution >= 0.6 is 23.2 Å². The number of ether oxygens (including phenoxy) is 3. The number of aryl methyl sites for hydroxylation is 1. The maximum atomic E-state index is 13.0. The van der Waals surface area contributed by atoms with Crippen molar-refractivity contribution in [1.29, 1.82) is 0 Å². The fourth-order valence-corrected chi connectivity index (χ4v) is 7.53. The van der Waals surface area contributed by atoms with Gasteiger partial charge < -0.3 is 24.0 Å². The van der Waals surface area contributed by atoms with Gasteiger partial charge in [0.15, 0.2) is 0 Å². The van der Waals surface area contributed by atoms with Gasteiger partial charge in [0, 0.05) is 54.7 Å². The van der Waals surface area contributed by atoms with E-state index in [1.165, 1.54) is 32.0 Å². The summed E-state index contributed by atoms with van der Waals surface area (Å²) in [5, 5.41) is 9.58. The molecule has 2 atom stereocenters. The number of anilines is 2. The van der Waals surface area contributed by atoms with Gasteiger partial charge in [-0.1, -0.05) is 68.3 Å². The van der Waals surface area contributed by atoms with Crippen molar-refractivity contribution in [2.75, 3.05) is 49.2 Å². The molecule has 0 radical (unpaired) electrons. The topological polar surface area (TPSA) is 105 Å². The van der Waals surface area contributed by atoms with Crippen molar-refractivity contribution in [3.8, 4) is 11.4 Å². The van der Waals surface area contributed by atoms with Crippen LogP contribution in [0.4, 0.5) is 11.4 Å². The third-order valence-electron chi connectivity index (χ3n) is 9.90. The zero-order valence-corrected chi connectivity index (χ0v) is 31.5. The number of benzene rings is 3. The molecule has 3 aromatic carbocycles. The Morgan fingerprint density at radius 1 is 0.830 bits per heavy atom. The van der Waals surface area contributed by atoms with Crippen molar-refractivity contribution in [2.45, 2.75) is 70.4 Å². The zero-order chi connectivity index (χ0) is 36.6. The molecule has 53 heavy (non-hydrogen) atoms. The molecule has 0 aliphatic carbocycles. The number of piperazine rings is 1. The van der Waals surface area contributed by atoms with Crippen LogP contribution in [-0.2, 0) is 28.4 Å². The molecule has 2 saturated heterocycles. The first-order chi connectivity index (χ1) is 25.9. The predicted octanol–water partition coefficient (Wildman–Crippen LogP) is 6.97. The van der Waals surface area contributed by atoms with Gasteiger partial charge in [-0.15, -0.1) is 0 Å². The minimum absolute atomic E-state index is 0.0851. The molecule has 2 unspecified atom stereocenters. The third-order valence-corrected chi connectivity index (χ3v) is 10.5. The summed E-state index contributed by atoms with van der Waals surface area (Å²) < 4.78 is 23.8. The summed E-state index contributed by atoms with van der Waals surface area (Å²) in [6.45, 7) is 7.33. The van der Waals surface area contributed by atoms with Crippen molar-refractivity contribution >= 4 is 34.6 Å². The maximum absolute atomic E-state index is 13.0. The highest BCUT2D eigenvalue weighted by Gasteiger charge is 2.45. The normalized spacial score (nSPS) is 18.9. The van der Waals surface area contributed by atoms with Crippen LogP contribution in [0.1, 0.15) is 51.0 Å². The molecule has 0 saturated carbocycles. The van der Waals surface area contributed by atoms with Crippen LogP contribution in [0.3, 0.4) is 0 Å². The molecule has 0 N–H and O–H groups in total. The van der Waals surface area contributed by atoms with Crippen molar-refractivity contribution in [3.63, 3.8) is 0 Å². The number of unbranched alkanes of at least 4 members (excludes halogenated alkanes) is 5. The molecule has 12 nitrogen and oxygen atoms in total. The number of hydrogen-bond acceptors (Lipinski definition) is 9. The molecule has 5 aromatic rings. The Labute approximate surface area is 319 Å². The molecule has 2 aromatic heterocycles. The lowest BCUT2D eigenvalue weighted by Crippen LogP contribution is -2.46. The lowest BCUT2D eigenvalue weighted by Gasteiger charge is -2.37. The second kappa shape index (κ2) is 17.2. The highest BCUT2D eigenvalue weighted by atomic mass is 35.5. The van der Waals surface area contributed by atoms with E-state index in [2.05, 4.69) is 56.2 Å². The number of hydrogen-bond donors (Lipinski definition) is 0. The van der Waals surface area contributed by atoms with E-state index < -0.39 is 5.79 Å². The van der Waals surface area contributed by atoms with Gasteiger partial charge in [-0.05, 0) is 67.1 Å². The van der Waals surface area contributed by atoms with Crippen LogP contribution in [0, 0.1) is 0 Å². The average molecular weight is 762 g/mol. The number of rotatable bonds is 16. The molecular weight excluding hydrogens is 715 g/mol. The van der Waals surface area contributed by atoms with Crippen molar-refractivity contribution in [3.05, 3.63) is 112 Å². The smallest absolute Gasteiger partial charge is 0.350 e. The van der Waals surface area contributed by atoms with E-state index in [9.17, 15) is 4.79 Å². The van der Waals surface area contributed by atoms with Crippen molar-refractivity contribution in [1.82, 2.24) is 29.1 Å². The van der Waals surface area contributed by atoms with Crippen LogP contribution in [0.5, 0.6) is 5.75 Å². The Hall–Kier alpha value is -4.36. The van der Waals surface area contributed by atoms with Gasteiger partial charge >= 0.3 is 5.69 Å². The lowest BCUT2D eigenvalue weighted by atomic mass is 10.1. The number of aromatic nitrogens is 6. The van der Waals surface area contributed by atoms with Crippen molar-refractivity contribution in [2.24, 2.45) is 0 Å². The van der Waals surface area contributed by atoms with Gasteiger partial charge in [0.2, 0.25) is 5.79 Å². The summed E-state index contributed by atoms with van der Waals surface area (Å²) in [5.74, 6) is -0.408. The molecule has 280 valence electrons. The fourth-order valence-electron chi connectivity index (χ4n) is 6.98. The second-order valence-corrected chi connectivity index (χ2v) is 14.4. The van der Waals surface area contributed by atoms with Gasteiger partial charge in [-0.25, -0.2) is 23.7 Å². The first-order valence-corrected chi connectivity index (χ1v) is 19.2. The van der Waals surface area contributed by atoms with Crippen LogP contribution in [0.15, 0.2) is 90.5 Å². The highest BCUT2D eigenvalue weighted by molar-refractivity contribution is 6.35. The summed E-state index contributed by atoms with van der Waals surface area (Å²) in [6.07, 6.45) is 11.5. The largest absolute Gasteiger partial charge is 0.491 e. The first kappa shape index (κ1) is 37.0. The van der Waals surface area contributed by atoms with E-state index in [1.54, 1.807) is 38.7 Å². The minimum Gasteiger partial charge on any atom is -0.491 e. The molecule has 14 heteroatoms.